The molecule has 0 spiro atoms. The standard InChI is InChI=1S/C38H28N2/c1-25-11-3-5-13-29(25)27-19-21-37-32(23-27)30-14-6-9-17-35(30)39(37)28-20-22-38-33(24-28)31-15-7-10-18-36(31)40(38)34-16-8-4-12-26(34)2/h3-24H,1-2H3. The van der Waals surface area contributed by atoms with Crippen molar-refractivity contribution in [2.45, 2.75) is 13.8 Å². The molecule has 0 bridgehead atoms. The highest BCUT2D eigenvalue weighted by Crippen LogP contribution is 2.38. The Hall–Kier alpha value is -5.08. The quantitative estimate of drug-likeness (QED) is 0.223. The Balaban J connectivity index is 1.41. The average molecular weight is 513 g/mol. The zero-order valence-corrected chi connectivity index (χ0v) is 22.6. The molecule has 0 atom stereocenters. The molecule has 8 rings (SSSR count). The van der Waals surface area contributed by atoms with Crippen molar-refractivity contribution in [3.63, 3.8) is 0 Å². The third-order valence-electron chi connectivity index (χ3n) is 8.40. The molecule has 2 heterocycles. The van der Waals surface area contributed by atoms with Crippen LogP contribution in [0.1, 0.15) is 11.1 Å². The number of benzene rings is 6. The summed E-state index contributed by atoms with van der Waals surface area (Å²) in [7, 11) is 0. The molecular formula is C38H28N2. The summed E-state index contributed by atoms with van der Waals surface area (Å²) in [4.78, 5) is 0. The average Bonchev–Trinajstić information content (AvgIpc) is 3.50. The summed E-state index contributed by atoms with van der Waals surface area (Å²) in [5, 5.41) is 5.08. The maximum Gasteiger partial charge on any atom is 0.0542 e. The molecule has 40 heavy (non-hydrogen) atoms. The molecule has 2 heteroatoms. The molecule has 2 aromatic heterocycles. The molecule has 0 amide bonds. The van der Waals surface area contributed by atoms with E-state index in [1.165, 1.54) is 77.2 Å². The van der Waals surface area contributed by atoms with Crippen LogP contribution >= 0.6 is 0 Å². The van der Waals surface area contributed by atoms with Crippen molar-refractivity contribution < 1.29 is 0 Å². The predicted octanol–water partition coefficient (Wildman–Crippen LogP) is 10.2. The smallest absolute Gasteiger partial charge is 0.0542 e. The minimum atomic E-state index is 1.18. The summed E-state index contributed by atoms with van der Waals surface area (Å²) in [6.07, 6.45) is 0. The first-order valence-corrected chi connectivity index (χ1v) is 13.9. The Morgan fingerprint density at radius 2 is 0.950 bits per heavy atom. The molecule has 0 fully saturated rings. The van der Waals surface area contributed by atoms with Crippen LogP contribution in [0.3, 0.4) is 0 Å². The zero-order valence-electron chi connectivity index (χ0n) is 22.6. The highest BCUT2D eigenvalue weighted by molar-refractivity contribution is 6.12. The summed E-state index contributed by atoms with van der Waals surface area (Å²) in [5.74, 6) is 0. The van der Waals surface area contributed by atoms with E-state index in [4.69, 9.17) is 0 Å². The molecule has 6 aromatic carbocycles. The highest BCUT2D eigenvalue weighted by atomic mass is 15.0. The van der Waals surface area contributed by atoms with Gasteiger partial charge in [-0.2, -0.15) is 0 Å². The molecule has 0 unspecified atom stereocenters. The van der Waals surface area contributed by atoms with Crippen LogP contribution in [0, 0.1) is 13.8 Å². The molecule has 8 aromatic rings. The first-order valence-electron chi connectivity index (χ1n) is 13.9. The highest BCUT2D eigenvalue weighted by Gasteiger charge is 2.17. The van der Waals surface area contributed by atoms with Crippen LogP contribution in [0.15, 0.2) is 133 Å². The van der Waals surface area contributed by atoms with Crippen molar-refractivity contribution in [2.24, 2.45) is 0 Å². The fourth-order valence-corrected chi connectivity index (χ4v) is 6.49. The van der Waals surface area contributed by atoms with E-state index in [1.807, 2.05) is 0 Å². The van der Waals surface area contributed by atoms with Gasteiger partial charge in [0.1, 0.15) is 0 Å². The lowest BCUT2D eigenvalue weighted by molar-refractivity contribution is 1.14. The van der Waals surface area contributed by atoms with Crippen LogP contribution in [0.2, 0.25) is 0 Å². The molecule has 0 saturated heterocycles. The van der Waals surface area contributed by atoms with Gasteiger partial charge in [-0.1, -0.05) is 84.9 Å². The fourth-order valence-electron chi connectivity index (χ4n) is 6.49. The maximum atomic E-state index is 2.42. The van der Waals surface area contributed by atoms with Crippen molar-refractivity contribution in [3.8, 4) is 22.5 Å². The lowest BCUT2D eigenvalue weighted by Gasteiger charge is -2.12. The van der Waals surface area contributed by atoms with E-state index in [0.29, 0.717) is 0 Å². The van der Waals surface area contributed by atoms with Crippen molar-refractivity contribution in [1.82, 2.24) is 9.13 Å². The number of hydrogen-bond donors (Lipinski definition) is 0. The van der Waals surface area contributed by atoms with Crippen LogP contribution < -0.4 is 0 Å². The van der Waals surface area contributed by atoms with Gasteiger partial charge in [0.15, 0.2) is 0 Å². The van der Waals surface area contributed by atoms with Crippen molar-refractivity contribution in [3.05, 3.63) is 145 Å². The molecule has 0 N–H and O–H groups in total. The minimum Gasteiger partial charge on any atom is -0.309 e. The van der Waals surface area contributed by atoms with Gasteiger partial charge in [0.05, 0.1) is 22.1 Å². The van der Waals surface area contributed by atoms with E-state index in [-0.39, 0.29) is 0 Å². The van der Waals surface area contributed by atoms with E-state index in [9.17, 15) is 0 Å². The molecular weight excluding hydrogens is 484 g/mol. The summed E-state index contributed by atoms with van der Waals surface area (Å²) < 4.78 is 4.83. The molecule has 2 nitrogen and oxygen atoms in total. The van der Waals surface area contributed by atoms with Gasteiger partial charge >= 0.3 is 0 Å². The van der Waals surface area contributed by atoms with Gasteiger partial charge in [-0.3, -0.25) is 0 Å². The van der Waals surface area contributed by atoms with Crippen molar-refractivity contribution in [2.75, 3.05) is 0 Å². The van der Waals surface area contributed by atoms with E-state index in [0.717, 1.165) is 0 Å². The molecule has 190 valence electrons. The predicted molar refractivity (Wildman–Crippen MR) is 170 cm³/mol. The van der Waals surface area contributed by atoms with Crippen molar-refractivity contribution >= 4 is 43.6 Å². The number of hydrogen-bond acceptors (Lipinski definition) is 0. The summed E-state index contributed by atoms with van der Waals surface area (Å²) in [6, 6.07) is 48.7. The Morgan fingerprint density at radius 1 is 0.400 bits per heavy atom. The Labute approximate surface area is 233 Å². The first-order chi connectivity index (χ1) is 19.7. The number of para-hydroxylation sites is 3. The Kier molecular flexibility index (Phi) is 4.99. The number of nitrogens with zero attached hydrogens (tertiary/aromatic N) is 2. The van der Waals surface area contributed by atoms with Gasteiger partial charge in [-0.15, -0.1) is 0 Å². The van der Waals surface area contributed by atoms with Gasteiger partial charge in [0.2, 0.25) is 0 Å². The second-order valence-corrected chi connectivity index (χ2v) is 10.7. The van der Waals surface area contributed by atoms with Crippen LogP contribution in [0.5, 0.6) is 0 Å². The third-order valence-corrected chi connectivity index (χ3v) is 8.40. The lowest BCUT2D eigenvalue weighted by atomic mass is 9.99. The van der Waals surface area contributed by atoms with Gasteiger partial charge in [0, 0.05) is 32.9 Å². The number of fused-ring (bicyclic) bond motifs is 6. The Morgan fingerprint density at radius 3 is 1.70 bits per heavy atom. The molecule has 0 aliphatic carbocycles. The van der Waals surface area contributed by atoms with Gasteiger partial charge in [-0.05, 0) is 84.6 Å². The topological polar surface area (TPSA) is 9.86 Å². The second kappa shape index (κ2) is 8.72. The van der Waals surface area contributed by atoms with E-state index < -0.39 is 0 Å². The molecule has 0 radical (unpaired) electrons. The summed E-state index contributed by atoms with van der Waals surface area (Å²) >= 11 is 0. The van der Waals surface area contributed by atoms with Gasteiger partial charge in [-0.25, -0.2) is 0 Å². The third kappa shape index (κ3) is 3.29. The van der Waals surface area contributed by atoms with Crippen LogP contribution in [-0.4, -0.2) is 9.13 Å². The number of aromatic nitrogens is 2. The lowest BCUT2D eigenvalue weighted by Crippen LogP contribution is -1.97. The van der Waals surface area contributed by atoms with Gasteiger partial charge in [0.25, 0.3) is 0 Å². The largest absolute Gasteiger partial charge is 0.309 e. The first kappa shape index (κ1) is 22.9. The molecule has 0 aliphatic heterocycles. The number of aryl methyl sites for hydroxylation is 2. The molecule has 0 aliphatic rings. The zero-order chi connectivity index (χ0) is 26.8. The molecule has 0 saturated carbocycles. The van der Waals surface area contributed by atoms with E-state index in [2.05, 4.69) is 156 Å². The fraction of sp³-hybridized carbons (Fsp3) is 0.0526. The maximum absolute atomic E-state index is 2.42. The SMILES string of the molecule is Cc1ccccc1-c1ccc2c(c1)c1ccccc1n2-c1ccc2c(c1)c1ccccc1n2-c1ccccc1C. The van der Waals surface area contributed by atoms with E-state index >= 15 is 0 Å². The van der Waals surface area contributed by atoms with Crippen LogP contribution in [-0.2, 0) is 0 Å². The Bertz CT molecular complexity index is 2240. The monoisotopic (exact) mass is 512 g/mol. The number of rotatable bonds is 3. The summed E-state index contributed by atoms with van der Waals surface area (Å²) in [5.41, 5.74) is 12.4. The second-order valence-electron chi connectivity index (χ2n) is 10.7. The normalized spacial score (nSPS) is 11.8. The van der Waals surface area contributed by atoms with Crippen LogP contribution in [0.4, 0.5) is 0 Å². The van der Waals surface area contributed by atoms with E-state index in [1.54, 1.807) is 0 Å². The summed E-state index contributed by atoms with van der Waals surface area (Å²) in [6.45, 7) is 4.37. The van der Waals surface area contributed by atoms with Crippen LogP contribution in [0.25, 0.3) is 66.1 Å². The van der Waals surface area contributed by atoms with Crippen molar-refractivity contribution in [1.29, 1.82) is 0 Å². The van der Waals surface area contributed by atoms with Gasteiger partial charge < -0.3 is 9.13 Å². The minimum absolute atomic E-state index is 1.18.